The van der Waals surface area contributed by atoms with Crippen LogP contribution in [0.3, 0.4) is 0 Å². The van der Waals surface area contributed by atoms with Gasteiger partial charge in [-0.1, -0.05) is 58.8 Å². The number of hydrogen-bond acceptors (Lipinski definition) is 6. The van der Waals surface area contributed by atoms with E-state index in [1.807, 2.05) is 6.07 Å². The maximum atomic E-state index is 12.7. The first-order valence-corrected chi connectivity index (χ1v) is 37.4. The topological polar surface area (TPSA) is 144 Å². The van der Waals surface area contributed by atoms with Gasteiger partial charge in [0.2, 0.25) is 0 Å². The Labute approximate surface area is 350 Å². The van der Waals surface area contributed by atoms with Crippen LogP contribution in [0.4, 0.5) is 15.3 Å². The van der Waals surface area contributed by atoms with Gasteiger partial charge in [0, 0.05) is 6.42 Å². The van der Waals surface area contributed by atoms with Crippen LogP contribution in [0.5, 0.6) is 0 Å². The normalized spacial score (nSPS) is 26.5. The minimum atomic E-state index is -0.929. The van der Waals surface area contributed by atoms with Crippen LogP contribution in [0, 0.1) is 0 Å². The average molecular weight is 1310 g/mol. The van der Waals surface area contributed by atoms with Gasteiger partial charge in [-0.05, 0) is 63.8 Å². The summed E-state index contributed by atoms with van der Waals surface area (Å²) >= 11 is 12.1. The Balaban J connectivity index is 0.000000164. The summed E-state index contributed by atoms with van der Waals surface area (Å²) in [5.74, 6) is 0. The molecular formula is C30H32I5N6O6V2. The fraction of sp³-hybridized carbons (Fsp3) is 0.400. The van der Waals surface area contributed by atoms with E-state index in [1.54, 1.807) is 66.2 Å². The van der Waals surface area contributed by atoms with Gasteiger partial charge >= 0.3 is 138 Å². The number of epoxide rings is 1. The minimum absolute atomic E-state index is 0.102. The van der Waals surface area contributed by atoms with Crippen molar-refractivity contribution in [2.45, 2.75) is 75.3 Å². The number of ether oxygens (including phenoxy) is 1. The molecule has 2 bridgehead atoms. The van der Waals surface area contributed by atoms with Gasteiger partial charge in [0.25, 0.3) is 0 Å². The summed E-state index contributed by atoms with van der Waals surface area (Å²) in [4.78, 5) is 48.1. The molecule has 4 amide bonds. The standard InChI is InChI=1S/C15H17N3O3.C8H5N3O2.C7H10O.5HI.2V/c1-15(21)9-11-7-8-12(15)18-14(20)16(13(19)17(11)18)10-5-3-2-4-6-10;12-7-9-10-8(13)11(7)6-4-2-1-3-5-6;1-7-5-3-2-4-6(7)8-7;;;;;;;/h2-6,11-12,21H,7-9H2,1H3;1-5H;2-3,6H,4-5H2,1H3;5*1H;;/q;;;;;;;;+2;+3/p-5. The third kappa shape index (κ3) is 10.8. The van der Waals surface area contributed by atoms with Crippen LogP contribution in [0.15, 0.2) is 92.6 Å². The molecule has 5 unspecified atom stereocenters. The third-order valence-electron chi connectivity index (χ3n) is 8.50. The fourth-order valence-corrected chi connectivity index (χ4v) is 6.22. The van der Waals surface area contributed by atoms with Crippen LogP contribution in [0.25, 0.3) is 5.69 Å². The van der Waals surface area contributed by atoms with Gasteiger partial charge in [-0.25, -0.2) is 38.0 Å². The molecule has 12 nitrogen and oxygen atoms in total. The number of rotatable bonds is 2. The van der Waals surface area contributed by atoms with Gasteiger partial charge < -0.3 is 9.84 Å². The van der Waals surface area contributed by atoms with Crippen molar-refractivity contribution in [3.8, 4) is 5.69 Å². The van der Waals surface area contributed by atoms with Crippen LogP contribution in [0.2, 0.25) is 0 Å². The number of nitrogens with zero attached hydrogens (tertiary/aromatic N) is 6. The molecule has 0 radical (unpaired) electrons. The molecule has 0 spiro atoms. The Kier molecular flexibility index (Phi) is 16.5. The summed E-state index contributed by atoms with van der Waals surface area (Å²) in [6, 6.07) is 15.8. The molecule has 3 aromatic rings. The molecule has 49 heavy (non-hydrogen) atoms. The second kappa shape index (κ2) is 19.1. The summed E-state index contributed by atoms with van der Waals surface area (Å²) in [5, 5.41) is 16.8. The Morgan fingerprint density at radius 3 is 1.82 bits per heavy atom. The molecule has 2 aromatic carbocycles. The number of halogens is 5. The summed E-state index contributed by atoms with van der Waals surface area (Å²) in [5.41, 5.74) is -0.280. The molecule has 1 N–H and O–H groups in total. The predicted octanol–water partition coefficient (Wildman–Crippen LogP) is 8.95. The van der Waals surface area contributed by atoms with Crippen molar-refractivity contribution in [3.63, 3.8) is 0 Å². The van der Waals surface area contributed by atoms with E-state index >= 15 is 0 Å². The molecule has 4 aliphatic heterocycles. The Hall–Kier alpha value is 0.399. The van der Waals surface area contributed by atoms with Gasteiger partial charge in [-0.3, -0.25) is 0 Å². The number of carbonyl (C=O) groups is 2. The molecule has 6 aliphatic rings. The van der Waals surface area contributed by atoms with Crippen molar-refractivity contribution < 1.29 is 33.8 Å². The molecule has 2 aliphatic carbocycles. The van der Waals surface area contributed by atoms with Gasteiger partial charge in [-0.15, -0.1) is 0 Å². The molecule has 19 heteroatoms. The first kappa shape index (κ1) is 42.1. The van der Waals surface area contributed by atoms with E-state index in [2.05, 4.69) is 129 Å². The van der Waals surface area contributed by atoms with Crippen LogP contribution < -0.4 is 16.3 Å². The summed E-state index contributed by atoms with van der Waals surface area (Å²) in [7, 11) is 0.628. The van der Waals surface area contributed by atoms with E-state index in [4.69, 9.17) is 4.74 Å². The number of hydrogen-bond donors (Lipinski definition) is 1. The van der Waals surface area contributed by atoms with Crippen molar-refractivity contribution in [2.24, 2.45) is 10.2 Å². The van der Waals surface area contributed by atoms with Crippen molar-refractivity contribution in [3.05, 3.63) is 93.8 Å². The van der Waals surface area contributed by atoms with E-state index in [9.17, 15) is 24.3 Å². The average Bonchev–Trinajstić information content (AvgIpc) is 3.54. The first-order valence-electron chi connectivity index (χ1n) is 14.9. The number of imide groups is 1. The predicted molar refractivity (Wildman–Crippen MR) is 223 cm³/mol. The second-order valence-corrected chi connectivity index (χ2v) is 58.9. The number of amides is 4. The van der Waals surface area contributed by atoms with Crippen molar-refractivity contribution in [1.29, 1.82) is 0 Å². The zero-order chi connectivity index (χ0) is 35.9. The van der Waals surface area contributed by atoms with E-state index in [0.29, 0.717) is 33.4 Å². The zero-order valence-corrected chi connectivity index (χ0v) is 39.7. The number of carbonyl (C=O) groups excluding carboxylic acids is 2. The molecular weight excluding hydrogens is 1280 g/mol. The van der Waals surface area contributed by atoms with Crippen LogP contribution in [0.1, 0.15) is 58.0 Å². The van der Waals surface area contributed by atoms with Gasteiger partial charge in [-0.2, -0.15) is 0 Å². The number of benzene rings is 2. The van der Waals surface area contributed by atoms with Gasteiger partial charge in [0.15, 0.2) is 0 Å². The van der Waals surface area contributed by atoms with Gasteiger partial charge in [0.1, 0.15) is 0 Å². The maximum absolute atomic E-state index is 12.7. The van der Waals surface area contributed by atoms with Crippen molar-refractivity contribution >= 4 is 118 Å². The Bertz CT molecular complexity index is 1770. The SMILES string of the molecule is CC1(O)CC2CCC1n1c(=O)n(-c3ccccc3)c(=O)n12.CC12CC=CCC1O2.O=C1N=NC(=O)N1c1ccccc1.[I][V]([I])[I].[I][V][I]. The van der Waals surface area contributed by atoms with E-state index < -0.39 is 17.7 Å². The van der Waals surface area contributed by atoms with Crippen molar-refractivity contribution in [2.75, 3.05) is 4.90 Å². The molecule has 1 aromatic heterocycles. The zero-order valence-electron chi connectivity index (χ0n) is 26.2. The molecule has 5 heterocycles. The number of urea groups is 2. The fourth-order valence-electron chi connectivity index (χ4n) is 6.22. The van der Waals surface area contributed by atoms with E-state index in [-0.39, 0.29) is 34.0 Å². The second-order valence-electron chi connectivity index (χ2n) is 11.8. The van der Waals surface area contributed by atoms with Gasteiger partial charge in [0.05, 0.1) is 40.8 Å². The number of aliphatic hydroxyl groups is 1. The first-order chi connectivity index (χ1) is 23.3. The Morgan fingerprint density at radius 1 is 0.837 bits per heavy atom. The van der Waals surface area contributed by atoms with Crippen LogP contribution in [-0.2, 0) is 19.1 Å². The number of azo groups is 1. The molecule has 263 valence electrons. The number of para-hydroxylation sites is 2. The monoisotopic (exact) mass is 1310 g/mol. The van der Waals surface area contributed by atoms with Crippen LogP contribution >= 0.6 is 99.9 Å². The molecule has 1 saturated heterocycles. The molecule has 5 atom stereocenters. The number of aromatic nitrogens is 3. The quantitative estimate of drug-likeness (QED) is 0.154. The van der Waals surface area contributed by atoms with E-state index in [0.717, 1.165) is 30.6 Å². The number of anilines is 1. The molecule has 9 rings (SSSR count). The third-order valence-corrected chi connectivity index (χ3v) is 8.50. The number of fused-ring (bicyclic) bond motifs is 3. The summed E-state index contributed by atoms with van der Waals surface area (Å²) in [6.45, 7) is 3.94. The summed E-state index contributed by atoms with van der Waals surface area (Å²) < 4.78 is 9.61. The van der Waals surface area contributed by atoms with E-state index in [1.165, 1.54) is 9.25 Å². The van der Waals surface area contributed by atoms with Crippen LogP contribution in [-0.4, -0.2) is 48.4 Å². The van der Waals surface area contributed by atoms with Crippen molar-refractivity contribution in [1.82, 2.24) is 13.9 Å². The molecule has 1 saturated carbocycles. The summed E-state index contributed by atoms with van der Waals surface area (Å²) in [6.07, 6.45) is 9.33. The Morgan fingerprint density at radius 2 is 1.35 bits per heavy atom. The molecule has 2 fully saturated rings.